The minimum Gasteiger partial charge on any atom is -0.330 e. The molecule has 19 heavy (non-hydrogen) atoms. The molecule has 0 aliphatic rings. The molecule has 1 aromatic rings. The van der Waals surface area contributed by atoms with E-state index >= 15 is 0 Å². The Morgan fingerprint density at radius 3 is 2.42 bits per heavy atom. The third kappa shape index (κ3) is 5.04. The smallest absolute Gasteiger partial charge is 0.242 e. The van der Waals surface area contributed by atoms with E-state index in [4.69, 9.17) is 5.73 Å². The summed E-state index contributed by atoms with van der Waals surface area (Å²) in [5, 5.41) is 0. The summed E-state index contributed by atoms with van der Waals surface area (Å²) >= 11 is 3.28. The highest BCUT2D eigenvalue weighted by Crippen LogP contribution is 2.22. The number of rotatable bonds is 5. The number of nitrogens with two attached hydrogens (primary N) is 1. The number of hydrogen-bond acceptors (Lipinski definition) is 3. The third-order valence-corrected chi connectivity index (χ3v) is 5.00. The van der Waals surface area contributed by atoms with Crippen molar-refractivity contribution in [1.82, 2.24) is 4.31 Å². The lowest BCUT2D eigenvalue weighted by atomic mass is 9.94. The van der Waals surface area contributed by atoms with Crippen molar-refractivity contribution in [2.24, 2.45) is 11.1 Å². The molecule has 0 spiro atoms. The van der Waals surface area contributed by atoms with E-state index in [1.807, 2.05) is 13.8 Å². The highest BCUT2D eigenvalue weighted by atomic mass is 79.9. The second-order valence-corrected chi connectivity index (χ2v) is 8.05. The van der Waals surface area contributed by atoms with E-state index in [1.54, 1.807) is 31.3 Å². The van der Waals surface area contributed by atoms with Crippen LogP contribution in [0.3, 0.4) is 0 Å². The molecule has 0 heterocycles. The second kappa shape index (κ2) is 7.04. The maximum absolute atomic E-state index is 12.3. The summed E-state index contributed by atoms with van der Waals surface area (Å²) in [4.78, 5) is 0.284. The van der Waals surface area contributed by atoms with Crippen molar-refractivity contribution in [3.8, 4) is 0 Å². The van der Waals surface area contributed by atoms with Crippen molar-refractivity contribution in [2.45, 2.75) is 18.7 Å². The molecule has 0 aromatic heterocycles. The summed E-state index contributed by atoms with van der Waals surface area (Å²) in [5.74, 6) is 0. The second-order valence-electron chi connectivity index (χ2n) is 5.09. The molecule has 2 N–H and O–H groups in total. The monoisotopic (exact) mass is 370 g/mol. The van der Waals surface area contributed by atoms with Gasteiger partial charge in [-0.3, -0.25) is 0 Å². The van der Waals surface area contributed by atoms with Gasteiger partial charge in [-0.05, 0) is 30.2 Å². The number of nitrogens with zero attached hydrogens (tertiary/aromatic N) is 1. The Balaban J connectivity index is 0.00000324. The molecule has 0 aliphatic carbocycles. The lowest BCUT2D eigenvalue weighted by Gasteiger charge is -2.28. The molecule has 0 radical (unpaired) electrons. The van der Waals surface area contributed by atoms with E-state index in [9.17, 15) is 8.42 Å². The fraction of sp³-hybridized carbons (Fsp3) is 0.500. The molecule has 4 nitrogen and oxygen atoms in total. The summed E-state index contributed by atoms with van der Waals surface area (Å²) in [6.07, 6.45) is 0. The van der Waals surface area contributed by atoms with Gasteiger partial charge in [-0.15, -0.1) is 12.4 Å². The predicted octanol–water partition coefficient (Wildman–Crippen LogP) is 2.48. The lowest BCUT2D eigenvalue weighted by Crippen LogP contribution is -2.39. The van der Waals surface area contributed by atoms with Gasteiger partial charge in [0.2, 0.25) is 10.0 Å². The largest absolute Gasteiger partial charge is 0.330 e. The zero-order valence-electron chi connectivity index (χ0n) is 11.3. The van der Waals surface area contributed by atoms with Crippen molar-refractivity contribution in [3.05, 3.63) is 28.7 Å². The van der Waals surface area contributed by atoms with E-state index < -0.39 is 10.0 Å². The normalized spacial score (nSPS) is 12.3. The number of benzene rings is 1. The van der Waals surface area contributed by atoms with Crippen molar-refractivity contribution in [1.29, 1.82) is 0 Å². The first-order valence-electron chi connectivity index (χ1n) is 5.61. The van der Waals surface area contributed by atoms with Gasteiger partial charge in [0.1, 0.15) is 0 Å². The van der Waals surface area contributed by atoms with Gasteiger partial charge in [0, 0.05) is 18.1 Å². The Hall–Kier alpha value is -0.140. The summed E-state index contributed by atoms with van der Waals surface area (Å²) < 4.78 is 26.8. The van der Waals surface area contributed by atoms with Crippen molar-refractivity contribution in [2.75, 3.05) is 20.1 Å². The molecule has 0 aliphatic heterocycles. The van der Waals surface area contributed by atoms with Crippen LogP contribution in [-0.2, 0) is 10.0 Å². The average molecular weight is 372 g/mol. The quantitative estimate of drug-likeness (QED) is 0.865. The molecule has 0 amide bonds. The van der Waals surface area contributed by atoms with Crippen LogP contribution in [0.2, 0.25) is 0 Å². The minimum atomic E-state index is -3.46. The number of halogens is 2. The lowest BCUT2D eigenvalue weighted by molar-refractivity contribution is 0.292. The van der Waals surface area contributed by atoms with Crippen LogP contribution in [0.15, 0.2) is 33.6 Å². The topological polar surface area (TPSA) is 63.4 Å². The highest BCUT2D eigenvalue weighted by molar-refractivity contribution is 9.10. The Kier molecular flexibility index (Phi) is 6.99. The maximum Gasteiger partial charge on any atom is 0.242 e. The number of sulfonamides is 1. The van der Waals surface area contributed by atoms with Gasteiger partial charge in [-0.1, -0.05) is 35.8 Å². The molecule has 0 atom stereocenters. The summed E-state index contributed by atoms with van der Waals surface area (Å²) in [5.41, 5.74) is 5.39. The Morgan fingerprint density at radius 2 is 1.95 bits per heavy atom. The van der Waals surface area contributed by atoms with Gasteiger partial charge in [0.25, 0.3) is 0 Å². The van der Waals surface area contributed by atoms with Crippen molar-refractivity contribution in [3.63, 3.8) is 0 Å². The molecule has 0 bridgehead atoms. The zero-order valence-corrected chi connectivity index (χ0v) is 14.5. The van der Waals surface area contributed by atoms with Crippen LogP contribution in [0, 0.1) is 5.41 Å². The van der Waals surface area contributed by atoms with Gasteiger partial charge in [-0.25, -0.2) is 12.7 Å². The van der Waals surface area contributed by atoms with Crippen LogP contribution in [0.4, 0.5) is 0 Å². The summed E-state index contributed by atoms with van der Waals surface area (Å²) in [6, 6.07) is 6.69. The van der Waals surface area contributed by atoms with E-state index in [-0.39, 0.29) is 22.7 Å². The van der Waals surface area contributed by atoms with E-state index in [2.05, 4.69) is 15.9 Å². The van der Waals surface area contributed by atoms with Crippen molar-refractivity contribution >= 4 is 38.4 Å². The summed E-state index contributed by atoms with van der Waals surface area (Å²) in [7, 11) is -1.88. The average Bonchev–Trinajstić information content (AvgIpc) is 2.28. The molecule has 1 aromatic carbocycles. The van der Waals surface area contributed by atoms with Crippen LogP contribution in [0.25, 0.3) is 0 Å². The standard InChI is InChI=1S/C12H19BrN2O2S.ClH/c1-12(2,8-14)9-15(3)18(16,17)11-6-4-5-10(13)7-11;/h4-7H,8-9,14H2,1-3H3;1H. The molecule has 0 unspecified atom stereocenters. The molecule has 0 saturated heterocycles. The molecular formula is C12H20BrClN2O2S. The van der Waals surface area contributed by atoms with Crippen LogP contribution in [-0.4, -0.2) is 32.9 Å². The van der Waals surface area contributed by atoms with Gasteiger partial charge < -0.3 is 5.73 Å². The van der Waals surface area contributed by atoms with Gasteiger partial charge in [0.05, 0.1) is 4.90 Å². The van der Waals surface area contributed by atoms with E-state index in [1.165, 1.54) is 4.31 Å². The van der Waals surface area contributed by atoms with E-state index in [0.717, 1.165) is 4.47 Å². The molecule has 7 heteroatoms. The Labute approximate surface area is 130 Å². The first kappa shape index (κ1) is 18.9. The summed E-state index contributed by atoms with van der Waals surface area (Å²) in [6.45, 7) is 4.71. The van der Waals surface area contributed by atoms with Crippen LogP contribution in [0.5, 0.6) is 0 Å². The minimum absolute atomic E-state index is 0. The highest BCUT2D eigenvalue weighted by Gasteiger charge is 2.27. The molecule has 0 saturated carbocycles. The Bertz CT molecular complexity index is 520. The van der Waals surface area contributed by atoms with E-state index in [0.29, 0.717) is 13.1 Å². The van der Waals surface area contributed by atoms with Gasteiger partial charge in [0.15, 0.2) is 0 Å². The van der Waals surface area contributed by atoms with Crippen LogP contribution < -0.4 is 5.73 Å². The fourth-order valence-corrected chi connectivity index (χ4v) is 3.52. The molecule has 0 fully saturated rings. The van der Waals surface area contributed by atoms with Crippen molar-refractivity contribution < 1.29 is 8.42 Å². The van der Waals surface area contributed by atoms with Gasteiger partial charge in [-0.2, -0.15) is 0 Å². The molecule has 1 rings (SSSR count). The molecule has 110 valence electrons. The number of hydrogen-bond donors (Lipinski definition) is 1. The first-order chi connectivity index (χ1) is 8.19. The SMILES string of the molecule is CN(CC(C)(C)CN)S(=O)(=O)c1cccc(Br)c1.Cl. The predicted molar refractivity (Wildman–Crippen MR) is 84.0 cm³/mol. The maximum atomic E-state index is 12.3. The first-order valence-corrected chi connectivity index (χ1v) is 7.84. The zero-order chi connectivity index (χ0) is 14.0. The Morgan fingerprint density at radius 1 is 1.37 bits per heavy atom. The van der Waals surface area contributed by atoms with Crippen LogP contribution in [0.1, 0.15) is 13.8 Å². The third-order valence-electron chi connectivity index (χ3n) is 2.71. The fourth-order valence-electron chi connectivity index (χ4n) is 1.56. The van der Waals surface area contributed by atoms with Crippen LogP contribution >= 0.6 is 28.3 Å². The molecular weight excluding hydrogens is 352 g/mol. The van der Waals surface area contributed by atoms with Gasteiger partial charge >= 0.3 is 0 Å².